The lowest BCUT2D eigenvalue weighted by Crippen LogP contribution is -2.26. The minimum Gasteiger partial charge on any atom is -0.392 e. The van der Waals surface area contributed by atoms with Gasteiger partial charge in [0.15, 0.2) is 0 Å². The van der Waals surface area contributed by atoms with Gasteiger partial charge in [-0.25, -0.2) is 0 Å². The maximum absolute atomic E-state index is 9.78. The Labute approximate surface area is 84.7 Å². The summed E-state index contributed by atoms with van der Waals surface area (Å²) in [4.78, 5) is 0. The maximum atomic E-state index is 9.78. The first-order chi connectivity index (χ1) is 6.58. The van der Waals surface area contributed by atoms with Crippen LogP contribution in [0.5, 0.6) is 0 Å². The Morgan fingerprint density at radius 3 is 2.50 bits per heavy atom. The minimum absolute atomic E-state index is 0.000764. The van der Waals surface area contributed by atoms with E-state index in [1.807, 2.05) is 23.9 Å². The summed E-state index contributed by atoms with van der Waals surface area (Å²) in [6.45, 7) is 6.12. The van der Waals surface area contributed by atoms with Crippen LogP contribution in [0.1, 0.15) is 45.3 Å². The van der Waals surface area contributed by atoms with Crippen molar-refractivity contribution in [3.63, 3.8) is 0 Å². The number of aliphatic hydroxyl groups excluding tert-OH is 1. The van der Waals surface area contributed by atoms with Crippen molar-refractivity contribution in [3.8, 4) is 0 Å². The van der Waals surface area contributed by atoms with Gasteiger partial charge < -0.3 is 5.11 Å². The van der Waals surface area contributed by atoms with Crippen LogP contribution in [-0.4, -0.2) is 21.0 Å². The molecule has 1 N–H and O–H groups in total. The summed E-state index contributed by atoms with van der Waals surface area (Å²) in [5.41, 5.74) is 1.20. The lowest BCUT2D eigenvalue weighted by atomic mass is 9.96. The van der Waals surface area contributed by atoms with Crippen LogP contribution >= 0.6 is 0 Å². The fraction of sp³-hybridized carbons (Fsp3) is 0.727. The molecule has 78 valence electrons. The van der Waals surface area contributed by atoms with E-state index >= 15 is 0 Å². The molecule has 2 rings (SSSR count). The van der Waals surface area contributed by atoms with Gasteiger partial charge in [0.1, 0.15) is 0 Å². The third-order valence-corrected chi connectivity index (χ3v) is 3.26. The predicted molar refractivity (Wildman–Crippen MR) is 55.2 cm³/mol. The van der Waals surface area contributed by atoms with E-state index in [0.717, 1.165) is 12.8 Å². The molecule has 1 aromatic heterocycles. The summed E-state index contributed by atoms with van der Waals surface area (Å²) in [6, 6.07) is 2.41. The first kappa shape index (κ1) is 9.71. The highest BCUT2D eigenvalue weighted by atomic mass is 16.3. The second-order valence-electron chi connectivity index (χ2n) is 4.59. The zero-order chi connectivity index (χ0) is 10.3. The third kappa shape index (κ3) is 1.27. The molecule has 1 aromatic rings. The van der Waals surface area contributed by atoms with Crippen LogP contribution in [-0.2, 0) is 5.41 Å². The normalized spacial score (nSPS) is 21.2. The number of hydrogen-bond donors (Lipinski definition) is 1. The van der Waals surface area contributed by atoms with Crippen molar-refractivity contribution >= 4 is 0 Å². The van der Waals surface area contributed by atoms with Crippen LogP contribution in [0.15, 0.2) is 12.3 Å². The summed E-state index contributed by atoms with van der Waals surface area (Å²) in [6.07, 6.45) is 3.74. The lowest BCUT2D eigenvalue weighted by Gasteiger charge is -2.21. The molecule has 1 aliphatic carbocycles. The topological polar surface area (TPSA) is 38.0 Å². The van der Waals surface area contributed by atoms with Gasteiger partial charge in [0.05, 0.1) is 6.10 Å². The smallest absolute Gasteiger partial charge is 0.0623 e. The van der Waals surface area contributed by atoms with Gasteiger partial charge in [-0.15, -0.1) is 0 Å². The zero-order valence-electron chi connectivity index (χ0n) is 9.07. The molecule has 1 fully saturated rings. The lowest BCUT2D eigenvalue weighted by molar-refractivity contribution is 0.145. The average Bonchev–Trinajstić information content (AvgIpc) is 2.77. The van der Waals surface area contributed by atoms with E-state index in [9.17, 15) is 5.11 Å². The molecule has 14 heavy (non-hydrogen) atoms. The van der Waals surface area contributed by atoms with Gasteiger partial charge in [0.2, 0.25) is 0 Å². The van der Waals surface area contributed by atoms with Gasteiger partial charge in [-0.2, -0.15) is 5.10 Å². The Kier molecular flexibility index (Phi) is 2.14. The van der Waals surface area contributed by atoms with Gasteiger partial charge in [-0.3, -0.25) is 4.68 Å². The first-order valence-corrected chi connectivity index (χ1v) is 5.30. The van der Waals surface area contributed by atoms with Gasteiger partial charge in [-0.1, -0.05) is 0 Å². The van der Waals surface area contributed by atoms with Crippen LogP contribution < -0.4 is 0 Å². The fourth-order valence-electron chi connectivity index (χ4n) is 2.14. The van der Waals surface area contributed by atoms with Gasteiger partial charge >= 0.3 is 0 Å². The molecule has 0 aromatic carbocycles. The summed E-state index contributed by atoms with van der Waals surface area (Å²) in [7, 11) is 0. The van der Waals surface area contributed by atoms with Crippen molar-refractivity contribution in [1.29, 1.82) is 0 Å². The van der Waals surface area contributed by atoms with Crippen molar-refractivity contribution in [1.82, 2.24) is 9.78 Å². The first-order valence-electron chi connectivity index (χ1n) is 5.30. The molecule has 1 heterocycles. The van der Waals surface area contributed by atoms with Crippen LogP contribution in [0.4, 0.5) is 0 Å². The number of aromatic nitrogens is 2. The van der Waals surface area contributed by atoms with E-state index in [-0.39, 0.29) is 11.5 Å². The number of nitrogens with zero attached hydrogens (tertiary/aromatic N) is 2. The molecule has 0 bridgehead atoms. The highest BCUT2D eigenvalue weighted by molar-refractivity contribution is 5.26. The molecule has 0 amide bonds. The molecule has 1 atom stereocenters. The number of hydrogen-bond acceptors (Lipinski definition) is 2. The molecule has 1 aliphatic rings. The van der Waals surface area contributed by atoms with E-state index in [1.165, 1.54) is 5.69 Å². The van der Waals surface area contributed by atoms with Crippen molar-refractivity contribution in [3.05, 3.63) is 18.0 Å². The molecule has 0 aliphatic heterocycles. The Hall–Kier alpha value is -0.830. The second-order valence-corrected chi connectivity index (χ2v) is 4.59. The summed E-state index contributed by atoms with van der Waals surface area (Å²) >= 11 is 0. The van der Waals surface area contributed by atoms with E-state index in [0.29, 0.717) is 6.04 Å². The van der Waals surface area contributed by atoms with Crippen molar-refractivity contribution in [2.75, 3.05) is 0 Å². The molecule has 0 saturated heterocycles. The highest BCUT2D eigenvalue weighted by Crippen LogP contribution is 2.51. The summed E-state index contributed by atoms with van der Waals surface area (Å²) in [5, 5.41) is 14.1. The van der Waals surface area contributed by atoms with Crippen LogP contribution in [0.2, 0.25) is 0 Å². The molecule has 3 nitrogen and oxygen atoms in total. The largest absolute Gasteiger partial charge is 0.392 e. The second kappa shape index (κ2) is 3.09. The molecule has 0 spiro atoms. The monoisotopic (exact) mass is 194 g/mol. The van der Waals surface area contributed by atoms with Crippen molar-refractivity contribution in [2.45, 2.75) is 51.2 Å². The van der Waals surface area contributed by atoms with Gasteiger partial charge in [-0.05, 0) is 39.7 Å². The average molecular weight is 194 g/mol. The van der Waals surface area contributed by atoms with Gasteiger partial charge in [0.25, 0.3) is 0 Å². The molecular formula is C11H18N2O. The molecule has 3 heteroatoms. The summed E-state index contributed by atoms with van der Waals surface area (Å²) < 4.78 is 2.03. The molecule has 0 radical (unpaired) electrons. The molecular weight excluding hydrogens is 176 g/mol. The maximum Gasteiger partial charge on any atom is 0.0623 e. The predicted octanol–water partition coefficient (Wildman–Crippen LogP) is 1.88. The van der Waals surface area contributed by atoms with Crippen LogP contribution in [0, 0.1) is 0 Å². The standard InChI is InChI=1S/C11H18N2O/c1-8(2)13-10(4-7-12-13)11(5-6-11)9(3)14/h4,7-9,14H,5-6H2,1-3H3. The highest BCUT2D eigenvalue weighted by Gasteiger charge is 2.50. The van der Waals surface area contributed by atoms with Crippen molar-refractivity contribution < 1.29 is 5.11 Å². The van der Waals surface area contributed by atoms with E-state index in [4.69, 9.17) is 0 Å². The fourth-order valence-corrected chi connectivity index (χ4v) is 2.14. The Balaban J connectivity index is 2.37. The minimum atomic E-state index is -0.267. The zero-order valence-corrected chi connectivity index (χ0v) is 9.07. The van der Waals surface area contributed by atoms with E-state index in [2.05, 4.69) is 18.9 Å². The SMILES string of the molecule is CC(C)n1nccc1C1(C(C)O)CC1. The quantitative estimate of drug-likeness (QED) is 0.797. The van der Waals surface area contributed by atoms with E-state index < -0.39 is 0 Å². The third-order valence-electron chi connectivity index (χ3n) is 3.26. The molecule has 1 saturated carbocycles. The van der Waals surface area contributed by atoms with Crippen LogP contribution in [0.3, 0.4) is 0 Å². The van der Waals surface area contributed by atoms with E-state index in [1.54, 1.807) is 0 Å². The summed E-state index contributed by atoms with van der Waals surface area (Å²) in [5.74, 6) is 0. The number of rotatable bonds is 3. The van der Waals surface area contributed by atoms with Crippen molar-refractivity contribution in [2.24, 2.45) is 0 Å². The molecule has 1 unspecified atom stereocenters. The van der Waals surface area contributed by atoms with Gasteiger partial charge in [0, 0.05) is 23.3 Å². The number of aliphatic hydroxyl groups is 1. The Morgan fingerprint density at radius 1 is 1.43 bits per heavy atom. The van der Waals surface area contributed by atoms with Crippen LogP contribution in [0.25, 0.3) is 0 Å². The Morgan fingerprint density at radius 2 is 2.07 bits per heavy atom. The Bertz CT molecular complexity index is 324.